The molecule has 3 rings (SSSR count). The summed E-state index contributed by atoms with van der Waals surface area (Å²) < 4.78 is 10.6. The van der Waals surface area contributed by atoms with Crippen molar-refractivity contribution in [3.05, 3.63) is 82.7 Å². The molecule has 1 unspecified atom stereocenters. The lowest BCUT2D eigenvalue weighted by Crippen LogP contribution is -2.02. The van der Waals surface area contributed by atoms with E-state index in [1.54, 1.807) is 23.5 Å². The summed E-state index contributed by atoms with van der Waals surface area (Å²) in [5.74, 6) is 0. The molecule has 0 aliphatic heterocycles. The summed E-state index contributed by atoms with van der Waals surface area (Å²) in [6.45, 7) is 0.214. The number of ether oxygens (including phenoxy) is 1. The Labute approximate surface area is 152 Å². The van der Waals surface area contributed by atoms with E-state index in [2.05, 4.69) is 4.36 Å². The Hall–Kier alpha value is -1.95. The van der Waals surface area contributed by atoms with E-state index in [0.717, 1.165) is 14.7 Å². The molecule has 6 heteroatoms. The Morgan fingerprint density at radius 2 is 1.79 bits per heavy atom. The minimum absolute atomic E-state index is 0.214. The molecule has 24 heavy (non-hydrogen) atoms. The number of hydrogen-bond donors (Lipinski definition) is 0. The Balaban J connectivity index is 1.81. The maximum atomic E-state index is 12.2. The topological polar surface area (TPSA) is 38.7 Å². The number of rotatable bonds is 4. The van der Waals surface area contributed by atoms with Crippen molar-refractivity contribution in [1.29, 1.82) is 0 Å². The van der Waals surface area contributed by atoms with Gasteiger partial charge in [0, 0.05) is 9.92 Å². The molecule has 0 saturated heterocycles. The van der Waals surface area contributed by atoms with Gasteiger partial charge in [0.1, 0.15) is 6.61 Å². The van der Waals surface area contributed by atoms with Gasteiger partial charge in [-0.15, -0.1) is 15.7 Å². The molecule has 0 saturated carbocycles. The quantitative estimate of drug-likeness (QED) is 0.564. The smallest absolute Gasteiger partial charge is 0.440 e. The van der Waals surface area contributed by atoms with Gasteiger partial charge in [-0.2, -0.15) is 0 Å². The molecule has 3 aromatic rings. The fraction of sp³-hybridized carbons (Fsp3) is 0.0556. The number of carbonyl (C=O) groups is 1. The fourth-order valence-electron chi connectivity index (χ4n) is 1.97. The summed E-state index contributed by atoms with van der Waals surface area (Å²) in [6, 6.07) is 20.8. The maximum Gasteiger partial charge on any atom is 0.440 e. The van der Waals surface area contributed by atoms with Crippen LogP contribution in [0.25, 0.3) is 0 Å². The van der Waals surface area contributed by atoms with Gasteiger partial charge in [-0.3, -0.25) is 0 Å². The number of halogens is 1. The second kappa shape index (κ2) is 8.24. The van der Waals surface area contributed by atoms with Crippen molar-refractivity contribution >= 4 is 39.7 Å². The van der Waals surface area contributed by atoms with Crippen LogP contribution in [0.4, 0.5) is 4.79 Å². The largest absolute Gasteiger partial charge is 0.443 e. The van der Waals surface area contributed by atoms with Gasteiger partial charge in [-0.1, -0.05) is 48.0 Å². The van der Waals surface area contributed by atoms with Crippen molar-refractivity contribution in [3.63, 3.8) is 0 Å². The van der Waals surface area contributed by atoms with Crippen LogP contribution in [0.3, 0.4) is 0 Å². The predicted octanol–water partition coefficient (Wildman–Crippen LogP) is 5.96. The highest BCUT2D eigenvalue weighted by atomic mass is 35.5. The third-order valence-electron chi connectivity index (χ3n) is 3.09. The standard InChI is InChI=1S/C18H14ClNO2S2/c19-15-8-10-16(11-9-15)24(17-7-4-12-23-17)20-18(21)22-13-14-5-2-1-3-6-14/h1-12H,13H2. The highest BCUT2D eigenvalue weighted by Gasteiger charge is 2.10. The molecule has 3 nitrogen and oxygen atoms in total. The molecular formula is C18H14ClNO2S2. The number of hydrogen-bond acceptors (Lipinski definition) is 3. The molecule has 0 radical (unpaired) electrons. The third kappa shape index (κ3) is 4.54. The molecule has 2 aromatic carbocycles. The molecule has 1 aromatic heterocycles. The van der Waals surface area contributed by atoms with Crippen molar-refractivity contribution in [2.24, 2.45) is 4.36 Å². The number of amides is 1. The zero-order valence-electron chi connectivity index (χ0n) is 12.6. The lowest BCUT2D eigenvalue weighted by molar-refractivity contribution is 0.151. The second-order valence-corrected chi connectivity index (χ2v) is 8.11. The molecule has 1 heterocycles. The van der Waals surface area contributed by atoms with E-state index >= 15 is 0 Å². The molecular weight excluding hydrogens is 362 g/mol. The first-order valence-electron chi connectivity index (χ1n) is 7.18. The molecule has 0 fully saturated rings. The molecule has 1 atom stereocenters. The summed E-state index contributed by atoms with van der Waals surface area (Å²) in [5, 5.41) is 2.62. The highest BCUT2D eigenvalue weighted by molar-refractivity contribution is 7.89. The monoisotopic (exact) mass is 375 g/mol. The minimum atomic E-state index is -0.706. The van der Waals surface area contributed by atoms with Gasteiger partial charge >= 0.3 is 6.09 Å². The highest BCUT2D eigenvalue weighted by Crippen LogP contribution is 2.24. The normalized spacial score (nSPS) is 12.0. The van der Waals surface area contributed by atoms with Crippen molar-refractivity contribution < 1.29 is 9.53 Å². The van der Waals surface area contributed by atoms with E-state index in [0.29, 0.717) is 5.02 Å². The van der Waals surface area contributed by atoms with Gasteiger partial charge in [0.2, 0.25) is 0 Å². The Morgan fingerprint density at radius 3 is 2.46 bits per heavy atom. The molecule has 0 aliphatic carbocycles. The van der Waals surface area contributed by atoms with Crippen LogP contribution in [0.15, 0.2) is 85.6 Å². The Bertz CT molecular complexity index is 831. The van der Waals surface area contributed by atoms with E-state index in [4.69, 9.17) is 16.3 Å². The van der Waals surface area contributed by atoms with Gasteiger partial charge in [-0.05, 0) is 52.0 Å². The van der Waals surface area contributed by atoms with E-state index in [-0.39, 0.29) is 6.61 Å². The number of thiophene rings is 1. The minimum Gasteiger partial charge on any atom is -0.443 e. The van der Waals surface area contributed by atoms with E-state index in [1.165, 1.54) is 0 Å². The first-order chi connectivity index (χ1) is 11.7. The van der Waals surface area contributed by atoms with E-state index < -0.39 is 16.8 Å². The van der Waals surface area contributed by atoms with Gasteiger partial charge < -0.3 is 4.74 Å². The van der Waals surface area contributed by atoms with Gasteiger partial charge in [0.25, 0.3) is 0 Å². The van der Waals surface area contributed by atoms with Crippen LogP contribution in [0.2, 0.25) is 5.02 Å². The summed E-state index contributed by atoms with van der Waals surface area (Å²) >= 11 is 7.51. The zero-order valence-corrected chi connectivity index (χ0v) is 15.0. The molecule has 0 spiro atoms. The summed E-state index contributed by atoms with van der Waals surface area (Å²) in [4.78, 5) is 13.1. The van der Waals surface area contributed by atoms with Gasteiger partial charge in [0.15, 0.2) is 0 Å². The van der Waals surface area contributed by atoms with Crippen LogP contribution in [0, 0.1) is 0 Å². The molecule has 0 aliphatic rings. The lowest BCUT2D eigenvalue weighted by atomic mass is 10.2. The van der Waals surface area contributed by atoms with Crippen LogP contribution < -0.4 is 0 Å². The SMILES string of the molecule is O=C(/N=S(/c1ccc(Cl)cc1)c1cccs1)OCc1ccccc1. The summed E-state index contributed by atoms with van der Waals surface area (Å²) in [6.07, 6.45) is -0.564. The van der Waals surface area contributed by atoms with E-state index in [1.807, 2.05) is 60.0 Å². The maximum absolute atomic E-state index is 12.2. The average molecular weight is 376 g/mol. The van der Waals surface area contributed by atoms with Crippen molar-refractivity contribution in [3.8, 4) is 0 Å². The van der Waals surface area contributed by atoms with Crippen LogP contribution >= 0.6 is 22.9 Å². The van der Waals surface area contributed by atoms with Crippen LogP contribution in [0.1, 0.15) is 5.56 Å². The van der Waals surface area contributed by atoms with Crippen molar-refractivity contribution in [2.75, 3.05) is 0 Å². The van der Waals surface area contributed by atoms with Crippen molar-refractivity contribution in [1.82, 2.24) is 0 Å². The Morgan fingerprint density at radius 1 is 1.04 bits per heavy atom. The van der Waals surface area contributed by atoms with Crippen LogP contribution in [-0.4, -0.2) is 6.09 Å². The number of carbonyl (C=O) groups excluding carboxylic acids is 1. The third-order valence-corrected chi connectivity index (χ3v) is 6.34. The number of benzene rings is 2. The molecule has 0 bridgehead atoms. The first-order valence-corrected chi connectivity index (χ1v) is 9.62. The first kappa shape index (κ1) is 16.9. The number of nitrogens with zero attached hydrogens (tertiary/aromatic N) is 1. The lowest BCUT2D eigenvalue weighted by Gasteiger charge is -2.07. The summed E-state index contributed by atoms with van der Waals surface area (Å²) in [5.41, 5.74) is 0.934. The second-order valence-electron chi connectivity index (χ2n) is 4.80. The molecule has 0 N–H and O–H groups in total. The molecule has 122 valence electrons. The van der Waals surface area contributed by atoms with Crippen molar-refractivity contribution in [2.45, 2.75) is 15.7 Å². The average Bonchev–Trinajstić information content (AvgIpc) is 3.14. The van der Waals surface area contributed by atoms with Crippen LogP contribution in [-0.2, 0) is 22.0 Å². The van der Waals surface area contributed by atoms with Crippen LogP contribution in [0.5, 0.6) is 0 Å². The predicted molar refractivity (Wildman–Crippen MR) is 98.7 cm³/mol. The van der Waals surface area contributed by atoms with Gasteiger partial charge in [0.05, 0.1) is 4.21 Å². The zero-order chi connectivity index (χ0) is 16.8. The fourth-order valence-corrected chi connectivity index (χ4v) is 4.71. The molecule has 1 amide bonds. The van der Waals surface area contributed by atoms with Gasteiger partial charge in [-0.25, -0.2) is 4.79 Å². The Kier molecular flexibility index (Phi) is 5.80. The summed E-state index contributed by atoms with van der Waals surface area (Å²) in [7, 11) is -0.706. The van der Waals surface area contributed by atoms with E-state index in [9.17, 15) is 4.79 Å².